The van der Waals surface area contributed by atoms with E-state index in [1.165, 1.54) is 11.3 Å². The Morgan fingerprint density at radius 3 is 2.85 bits per heavy atom. The van der Waals surface area contributed by atoms with Gasteiger partial charge in [0, 0.05) is 10.9 Å². The fourth-order valence-electron chi connectivity index (χ4n) is 2.19. The van der Waals surface area contributed by atoms with Crippen LogP contribution in [-0.4, -0.2) is 6.04 Å². The van der Waals surface area contributed by atoms with E-state index in [1.54, 1.807) is 11.3 Å². The molecule has 1 aromatic rings. The molecule has 3 atom stereocenters. The third-order valence-corrected chi connectivity index (χ3v) is 4.39. The lowest BCUT2D eigenvalue weighted by Gasteiger charge is -2.41. The van der Waals surface area contributed by atoms with Crippen molar-refractivity contribution in [2.24, 2.45) is 11.7 Å². The molecule has 2 rings (SSSR count). The van der Waals surface area contributed by atoms with E-state index in [0.29, 0.717) is 17.9 Å². The van der Waals surface area contributed by atoms with Gasteiger partial charge in [0.05, 0.1) is 4.34 Å². The summed E-state index contributed by atoms with van der Waals surface area (Å²) in [5, 5.41) is 0. The van der Waals surface area contributed by atoms with Crippen LogP contribution in [-0.2, 0) is 0 Å². The van der Waals surface area contributed by atoms with Crippen molar-refractivity contribution in [3.63, 3.8) is 0 Å². The highest BCUT2D eigenvalue weighted by Crippen LogP contribution is 2.46. The predicted molar refractivity (Wildman–Crippen MR) is 58.4 cm³/mol. The fourth-order valence-corrected chi connectivity index (χ4v) is 3.44. The van der Waals surface area contributed by atoms with Gasteiger partial charge in [0.15, 0.2) is 0 Å². The van der Waals surface area contributed by atoms with Crippen LogP contribution in [0.1, 0.15) is 30.6 Å². The van der Waals surface area contributed by atoms with Gasteiger partial charge in [-0.1, -0.05) is 24.9 Å². The quantitative estimate of drug-likeness (QED) is 0.806. The second kappa shape index (κ2) is 3.60. The first-order chi connectivity index (χ1) is 6.22. The van der Waals surface area contributed by atoms with Crippen LogP contribution in [0.5, 0.6) is 0 Å². The van der Waals surface area contributed by atoms with E-state index >= 15 is 0 Å². The summed E-state index contributed by atoms with van der Waals surface area (Å²) >= 11 is 7.60. The number of hydrogen-bond acceptors (Lipinski definition) is 2. The van der Waals surface area contributed by atoms with Crippen LogP contribution in [0.2, 0.25) is 4.34 Å². The Labute approximate surface area is 87.9 Å². The minimum atomic E-state index is 0.413. The molecule has 3 unspecified atom stereocenters. The average molecular weight is 216 g/mol. The zero-order valence-electron chi connectivity index (χ0n) is 7.66. The average Bonchev–Trinajstić information content (AvgIpc) is 2.48. The van der Waals surface area contributed by atoms with Crippen LogP contribution in [0.4, 0.5) is 0 Å². The molecule has 3 heteroatoms. The van der Waals surface area contributed by atoms with E-state index in [2.05, 4.69) is 13.0 Å². The van der Waals surface area contributed by atoms with Gasteiger partial charge in [-0.15, -0.1) is 11.3 Å². The maximum absolute atomic E-state index is 5.94. The van der Waals surface area contributed by atoms with E-state index in [4.69, 9.17) is 17.3 Å². The smallest absolute Gasteiger partial charge is 0.0931 e. The molecule has 13 heavy (non-hydrogen) atoms. The van der Waals surface area contributed by atoms with Gasteiger partial charge in [-0.05, 0) is 30.4 Å². The Morgan fingerprint density at radius 1 is 1.62 bits per heavy atom. The van der Waals surface area contributed by atoms with Gasteiger partial charge in [-0.2, -0.15) is 0 Å². The first kappa shape index (κ1) is 9.50. The highest BCUT2D eigenvalue weighted by molar-refractivity contribution is 7.16. The van der Waals surface area contributed by atoms with Crippen LogP contribution in [0.3, 0.4) is 0 Å². The van der Waals surface area contributed by atoms with E-state index in [1.807, 2.05) is 6.07 Å². The van der Waals surface area contributed by atoms with Crippen molar-refractivity contribution in [2.75, 3.05) is 0 Å². The first-order valence-corrected chi connectivity index (χ1v) is 5.92. The maximum atomic E-state index is 5.94. The molecule has 0 bridgehead atoms. The van der Waals surface area contributed by atoms with Crippen LogP contribution in [0.25, 0.3) is 0 Å². The zero-order chi connectivity index (χ0) is 9.42. The van der Waals surface area contributed by atoms with Gasteiger partial charge in [0.2, 0.25) is 0 Å². The van der Waals surface area contributed by atoms with Gasteiger partial charge >= 0.3 is 0 Å². The third-order valence-electron chi connectivity index (χ3n) is 3.02. The Kier molecular flexibility index (Phi) is 2.63. The molecular formula is C10H14ClNS. The monoisotopic (exact) mass is 215 g/mol. The highest BCUT2D eigenvalue weighted by atomic mass is 35.5. The maximum Gasteiger partial charge on any atom is 0.0931 e. The molecule has 1 fully saturated rings. The summed E-state index contributed by atoms with van der Waals surface area (Å²) in [6, 6.07) is 4.54. The Morgan fingerprint density at radius 2 is 2.38 bits per heavy atom. The van der Waals surface area contributed by atoms with Crippen molar-refractivity contribution in [3.05, 3.63) is 21.3 Å². The van der Waals surface area contributed by atoms with Crippen LogP contribution < -0.4 is 5.73 Å². The summed E-state index contributed by atoms with van der Waals surface area (Å²) < 4.78 is 0.894. The van der Waals surface area contributed by atoms with Gasteiger partial charge in [0.25, 0.3) is 0 Å². The molecule has 0 radical (unpaired) electrons. The summed E-state index contributed by atoms with van der Waals surface area (Å²) in [4.78, 5) is 1.42. The van der Waals surface area contributed by atoms with Crippen molar-refractivity contribution in [1.29, 1.82) is 0 Å². The van der Waals surface area contributed by atoms with Crippen LogP contribution >= 0.6 is 22.9 Å². The molecule has 2 N–H and O–H groups in total. The molecule has 1 aliphatic rings. The van der Waals surface area contributed by atoms with Crippen molar-refractivity contribution in [2.45, 2.75) is 31.7 Å². The molecule has 0 aliphatic heterocycles. The minimum Gasteiger partial charge on any atom is -0.327 e. The fraction of sp³-hybridized carbons (Fsp3) is 0.600. The Bertz CT molecular complexity index is 297. The van der Waals surface area contributed by atoms with E-state index in [9.17, 15) is 0 Å². The van der Waals surface area contributed by atoms with Gasteiger partial charge < -0.3 is 5.73 Å². The standard InChI is InChI=1S/C10H14ClNS/c1-2-6-7(5-8(6)12)9-3-4-10(11)13-9/h3-4,6-8H,2,5,12H2,1H3. The molecule has 1 nitrogen and oxygen atoms in total. The predicted octanol–water partition coefficient (Wildman–Crippen LogP) is 3.24. The number of thiophene rings is 1. The third kappa shape index (κ3) is 1.63. The molecule has 0 saturated heterocycles. The van der Waals surface area contributed by atoms with E-state index in [-0.39, 0.29) is 0 Å². The van der Waals surface area contributed by atoms with Gasteiger partial charge in [-0.25, -0.2) is 0 Å². The van der Waals surface area contributed by atoms with Crippen LogP contribution in [0, 0.1) is 5.92 Å². The Hall–Kier alpha value is -0.0500. The molecule has 0 spiro atoms. The summed E-state index contributed by atoms with van der Waals surface area (Å²) in [5.74, 6) is 1.35. The number of hydrogen-bond donors (Lipinski definition) is 1. The summed E-state index contributed by atoms with van der Waals surface area (Å²) in [7, 11) is 0. The first-order valence-electron chi connectivity index (χ1n) is 4.73. The lowest BCUT2D eigenvalue weighted by Crippen LogP contribution is -2.45. The second-order valence-corrected chi connectivity index (χ2v) is 5.47. The minimum absolute atomic E-state index is 0.413. The summed E-state index contributed by atoms with van der Waals surface area (Å²) in [5.41, 5.74) is 5.94. The van der Waals surface area contributed by atoms with E-state index < -0.39 is 0 Å². The second-order valence-electron chi connectivity index (χ2n) is 3.72. The molecule has 1 aliphatic carbocycles. The lowest BCUT2D eigenvalue weighted by molar-refractivity contribution is 0.201. The molecule has 1 aromatic heterocycles. The number of halogens is 1. The van der Waals surface area contributed by atoms with E-state index in [0.717, 1.165) is 10.8 Å². The van der Waals surface area contributed by atoms with Crippen molar-refractivity contribution in [3.8, 4) is 0 Å². The molecule has 0 amide bonds. The van der Waals surface area contributed by atoms with Crippen molar-refractivity contribution < 1.29 is 0 Å². The SMILES string of the molecule is CCC1C(N)CC1c1ccc(Cl)s1. The van der Waals surface area contributed by atoms with Crippen molar-refractivity contribution >= 4 is 22.9 Å². The van der Waals surface area contributed by atoms with Gasteiger partial charge in [0.1, 0.15) is 0 Å². The number of nitrogens with two attached hydrogens (primary N) is 1. The lowest BCUT2D eigenvalue weighted by atomic mass is 9.68. The Balaban J connectivity index is 2.11. The summed E-state index contributed by atoms with van der Waals surface area (Å²) in [6.45, 7) is 2.21. The topological polar surface area (TPSA) is 26.0 Å². The molecule has 1 heterocycles. The largest absolute Gasteiger partial charge is 0.327 e. The van der Waals surface area contributed by atoms with Crippen LogP contribution in [0.15, 0.2) is 12.1 Å². The normalized spacial score (nSPS) is 33.0. The molecule has 1 saturated carbocycles. The zero-order valence-corrected chi connectivity index (χ0v) is 9.24. The highest BCUT2D eigenvalue weighted by Gasteiger charge is 2.38. The molecule has 0 aromatic carbocycles. The van der Waals surface area contributed by atoms with Crippen molar-refractivity contribution in [1.82, 2.24) is 0 Å². The molecule has 72 valence electrons. The number of rotatable bonds is 2. The summed E-state index contributed by atoms with van der Waals surface area (Å²) in [6.07, 6.45) is 2.32. The molecular weight excluding hydrogens is 202 g/mol. The van der Waals surface area contributed by atoms with Gasteiger partial charge in [-0.3, -0.25) is 0 Å².